The molecule has 0 saturated heterocycles. The van der Waals surface area contributed by atoms with Gasteiger partial charge in [-0.2, -0.15) is 0 Å². The Balaban J connectivity index is 2.68. The highest BCUT2D eigenvalue weighted by Crippen LogP contribution is 2.27. The van der Waals surface area contributed by atoms with Crippen LogP contribution in [-0.2, 0) is 4.74 Å². The predicted octanol–water partition coefficient (Wildman–Crippen LogP) is 3.31. The number of alkyl halides is 3. The summed E-state index contributed by atoms with van der Waals surface area (Å²) in [6.07, 6.45) is -4.66. The summed E-state index contributed by atoms with van der Waals surface area (Å²) in [7, 11) is 1.62. The largest absolute Gasteiger partial charge is 0.573 e. The fraction of sp³-hybridized carbons (Fsp3) is 0.571. The van der Waals surface area contributed by atoms with Crippen LogP contribution in [0.5, 0.6) is 5.75 Å². The van der Waals surface area contributed by atoms with Crippen LogP contribution in [0.1, 0.15) is 25.3 Å². The zero-order valence-electron chi connectivity index (χ0n) is 11.8. The van der Waals surface area contributed by atoms with E-state index >= 15 is 0 Å². The van der Waals surface area contributed by atoms with Crippen molar-refractivity contribution in [2.45, 2.75) is 32.2 Å². The molecule has 0 heterocycles. The molecular weight excluding hydrogens is 271 g/mol. The summed E-state index contributed by atoms with van der Waals surface area (Å²) in [6, 6.07) is 6.20. The standard InChI is InChI=1S/C14H20F3NO2/c1-10(11(2)18-7-8-19-3)12-5-4-6-13(9-12)20-14(15,16)17/h4-6,9-11,18H,7-8H2,1-3H3. The molecule has 0 aliphatic rings. The minimum atomic E-state index is -4.66. The van der Waals surface area contributed by atoms with Crippen LogP contribution >= 0.6 is 0 Å². The van der Waals surface area contributed by atoms with Crippen LogP contribution in [0.4, 0.5) is 13.2 Å². The van der Waals surface area contributed by atoms with E-state index in [1.807, 2.05) is 13.8 Å². The van der Waals surface area contributed by atoms with E-state index in [4.69, 9.17) is 4.74 Å². The van der Waals surface area contributed by atoms with Gasteiger partial charge in [-0.15, -0.1) is 13.2 Å². The average Bonchev–Trinajstić information content (AvgIpc) is 2.36. The van der Waals surface area contributed by atoms with Crippen molar-refractivity contribution in [1.29, 1.82) is 0 Å². The molecule has 2 atom stereocenters. The molecule has 2 unspecified atom stereocenters. The molecule has 1 aromatic carbocycles. The third-order valence-electron chi connectivity index (χ3n) is 3.14. The van der Waals surface area contributed by atoms with Crippen molar-refractivity contribution in [3.8, 4) is 5.75 Å². The maximum atomic E-state index is 12.2. The molecule has 6 heteroatoms. The lowest BCUT2D eigenvalue weighted by Crippen LogP contribution is -2.33. The van der Waals surface area contributed by atoms with Gasteiger partial charge in [0.1, 0.15) is 5.75 Å². The first kappa shape index (κ1) is 16.8. The van der Waals surface area contributed by atoms with Gasteiger partial charge in [-0.1, -0.05) is 19.1 Å². The minimum absolute atomic E-state index is 0.0589. The summed E-state index contributed by atoms with van der Waals surface area (Å²) in [5.41, 5.74) is 0.796. The van der Waals surface area contributed by atoms with Crippen LogP contribution in [0, 0.1) is 0 Å². The summed E-state index contributed by atoms with van der Waals surface area (Å²) in [4.78, 5) is 0. The SMILES string of the molecule is COCCNC(C)C(C)c1cccc(OC(F)(F)F)c1. The Morgan fingerprint density at radius 2 is 1.95 bits per heavy atom. The fourth-order valence-corrected chi connectivity index (χ4v) is 1.85. The molecule has 0 amide bonds. The minimum Gasteiger partial charge on any atom is -0.406 e. The van der Waals surface area contributed by atoms with E-state index in [2.05, 4.69) is 10.1 Å². The van der Waals surface area contributed by atoms with Gasteiger partial charge in [0, 0.05) is 19.7 Å². The molecule has 0 radical (unpaired) electrons. The molecule has 1 aromatic rings. The molecule has 0 spiro atoms. The zero-order valence-corrected chi connectivity index (χ0v) is 11.8. The fourth-order valence-electron chi connectivity index (χ4n) is 1.85. The van der Waals surface area contributed by atoms with Gasteiger partial charge < -0.3 is 14.8 Å². The maximum Gasteiger partial charge on any atom is 0.573 e. The summed E-state index contributed by atoms with van der Waals surface area (Å²) in [5.74, 6) is -0.130. The second-order valence-corrected chi connectivity index (χ2v) is 4.64. The average molecular weight is 291 g/mol. The Bertz CT molecular complexity index is 410. The highest BCUT2D eigenvalue weighted by Gasteiger charge is 2.31. The van der Waals surface area contributed by atoms with Crippen LogP contribution in [0.2, 0.25) is 0 Å². The second kappa shape index (κ2) is 7.50. The number of halogens is 3. The summed E-state index contributed by atoms with van der Waals surface area (Å²) >= 11 is 0. The third-order valence-corrected chi connectivity index (χ3v) is 3.14. The first-order chi connectivity index (χ1) is 9.33. The van der Waals surface area contributed by atoms with Gasteiger partial charge in [-0.05, 0) is 30.5 Å². The van der Waals surface area contributed by atoms with Crippen molar-refractivity contribution in [2.24, 2.45) is 0 Å². The van der Waals surface area contributed by atoms with Gasteiger partial charge in [0.15, 0.2) is 0 Å². The lowest BCUT2D eigenvalue weighted by atomic mass is 9.94. The van der Waals surface area contributed by atoms with Crippen LogP contribution in [0.25, 0.3) is 0 Å². The lowest BCUT2D eigenvalue weighted by molar-refractivity contribution is -0.274. The van der Waals surface area contributed by atoms with Crippen molar-refractivity contribution >= 4 is 0 Å². The molecule has 0 aromatic heterocycles. The monoisotopic (exact) mass is 291 g/mol. The number of nitrogens with one attached hydrogen (secondary N) is 1. The van der Waals surface area contributed by atoms with Gasteiger partial charge in [0.2, 0.25) is 0 Å². The third kappa shape index (κ3) is 5.79. The number of methoxy groups -OCH3 is 1. The van der Waals surface area contributed by atoms with E-state index in [1.54, 1.807) is 19.2 Å². The van der Waals surface area contributed by atoms with Gasteiger partial charge in [0.05, 0.1) is 6.61 Å². The molecule has 20 heavy (non-hydrogen) atoms. The van der Waals surface area contributed by atoms with Crippen LogP contribution < -0.4 is 10.1 Å². The molecule has 114 valence electrons. The molecule has 0 bridgehead atoms. The highest BCUT2D eigenvalue weighted by atomic mass is 19.4. The Hall–Kier alpha value is -1.27. The molecule has 0 saturated carbocycles. The summed E-state index contributed by atoms with van der Waals surface area (Å²) in [5, 5.41) is 3.26. The Labute approximate surface area is 117 Å². The molecule has 1 N–H and O–H groups in total. The lowest BCUT2D eigenvalue weighted by Gasteiger charge is -2.22. The molecule has 3 nitrogen and oxygen atoms in total. The van der Waals surface area contributed by atoms with Crippen molar-refractivity contribution in [3.05, 3.63) is 29.8 Å². The van der Waals surface area contributed by atoms with Crippen LogP contribution in [-0.4, -0.2) is 32.7 Å². The normalized spacial score (nSPS) is 14.9. The maximum absolute atomic E-state index is 12.2. The van der Waals surface area contributed by atoms with Crippen molar-refractivity contribution in [2.75, 3.05) is 20.3 Å². The van der Waals surface area contributed by atoms with E-state index in [1.165, 1.54) is 12.1 Å². The van der Waals surface area contributed by atoms with Gasteiger partial charge in [-0.3, -0.25) is 0 Å². The first-order valence-electron chi connectivity index (χ1n) is 6.41. The smallest absolute Gasteiger partial charge is 0.406 e. The van der Waals surface area contributed by atoms with E-state index in [0.29, 0.717) is 13.2 Å². The molecule has 0 aliphatic heterocycles. The molecule has 1 rings (SSSR count). The van der Waals surface area contributed by atoms with Gasteiger partial charge in [0.25, 0.3) is 0 Å². The van der Waals surface area contributed by atoms with Crippen LogP contribution in [0.15, 0.2) is 24.3 Å². The second-order valence-electron chi connectivity index (χ2n) is 4.64. The summed E-state index contributed by atoms with van der Waals surface area (Å²) in [6.45, 7) is 5.23. The zero-order chi connectivity index (χ0) is 15.2. The predicted molar refractivity (Wildman–Crippen MR) is 70.9 cm³/mol. The summed E-state index contributed by atoms with van der Waals surface area (Å²) < 4.78 is 45.4. The van der Waals surface area contributed by atoms with Crippen molar-refractivity contribution in [1.82, 2.24) is 5.32 Å². The van der Waals surface area contributed by atoms with E-state index in [-0.39, 0.29) is 17.7 Å². The van der Waals surface area contributed by atoms with Gasteiger partial charge in [-0.25, -0.2) is 0 Å². The quantitative estimate of drug-likeness (QED) is 0.782. The Kier molecular flexibility index (Phi) is 6.29. The van der Waals surface area contributed by atoms with Gasteiger partial charge >= 0.3 is 6.36 Å². The first-order valence-corrected chi connectivity index (χ1v) is 6.41. The van der Waals surface area contributed by atoms with Crippen LogP contribution in [0.3, 0.4) is 0 Å². The number of rotatable bonds is 7. The Morgan fingerprint density at radius 3 is 2.55 bits per heavy atom. The highest BCUT2D eigenvalue weighted by molar-refractivity contribution is 5.31. The van der Waals surface area contributed by atoms with E-state index in [0.717, 1.165) is 5.56 Å². The molecule has 0 fully saturated rings. The van der Waals surface area contributed by atoms with E-state index in [9.17, 15) is 13.2 Å². The van der Waals surface area contributed by atoms with Crippen molar-refractivity contribution in [3.63, 3.8) is 0 Å². The van der Waals surface area contributed by atoms with Crippen molar-refractivity contribution < 1.29 is 22.6 Å². The number of benzene rings is 1. The topological polar surface area (TPSA) is 30.5 Å². The number of hydrogen-bond donors (Lipinski definition) is 1. The molecule has 0 aliphatic carbocycles. The number of ether oxygens (including phenoxy) is 2. The molecular formula is C14H20F3NO2. The Morgan fingerprint density at radius 1 is 1.25 bits per heavy atom. The number of hydrogen-bond acceptors (Lipinski definition) is 3. The van der Waals surface area contributed by atoms with E-state index < -0.39 is 6.36 Å².